The normalized spacial score (nSPS) is 10.7. The second-order valence-corrected chi connectivity index (χ2v) is 7.06. The molecule has 0 aliphatic carbocycles. The first-order valence-corrected chi connectivity index (χ1v) is 10.1. The molecule has 5 nitrogen and oxygen atoms in total. The number of nitrogens with zero attached hydrogens (tertiary/aromatic N) is 2. The summed E-state index contributed by atoms with van der Waals surface area (Å²) in [5.41, 5.74) is 11.4. The van der Waals surface area contributed by atoms with Gasteiger partial charge in [-0.05, 0) is 35.2 Å². The summed E-state index contributed by atoms with van der Waals surface area (Å²) in [5, 5.41) is 6.81. The Balaban J connectivity index is 1.63. The third-order valence-corrected chi connectivity index (χ3v) is 5.06. The molecule has 1 heterocycles. The number of aryl methyl sites for hydroxylation is 1. The second kappa shape index (κ2) is 9.09. The first kappa shape index (κ1) is 19.5. The van der Waals surface area contributed by atoms with Gasteiger partial charge in [0.25, 0.3) is 0 Å². The van der Waals surface area contributed by atoms with Crippen molar-refractivity contribution in [2.75, 3.05) is 16.4 Å². The first-order chi connectivity index (χ1) is 14.7. The lowest BCUT2D eigenvalue weighted by Gasteiger charge is -2.22. The molecule has 0 saturated carbocycles. The van der Waals surface area contributed by atoms with Crippen LogP contribution in [0, 0.1) is 0 Å². The molecule has 0 unspecified atom stereocenters. The molecule has 0 atom stereocenters. The summed E-state index contributed by atoms with van der Waals surface area (Å²) in [7, 11) is 0. The quantitative estimate of drug-likeness (QED) is 0.382. The number of benzene rings is 3. The van der Waals surface area contributed by atoms with Crippen molar-refractivity contribution in [1.29, 1.82) is 0 Å². The Kier molecular flexibility index (Phi) is 5.90. The van der Waals surface area contributed by atoms with Gasteiger partial charge in [0.15, 0.2) is 11.6 Å². The van der Waals surface area contributed by atoms with Crippen LogP contribution in [0.2, 0.25) is 0 Å². The fourth-order valence-corrected chi connectivity index (χ4v) is 3.36. The minimum atomic E-state index is -0.0821. The summed E-state index contributed by atoms with van der Waals surface area (Å²) in [4.78, 5) is 8.75. The zero-order valence-electron chi connectivity index (χ0n) is 16.9. The van der Waals surface area contributed by atoms with Crippen molar-refractivity contribution < 1.29 is 0 Å². The first-order valence-electron chi connectivity index (χ1n) is 10.1. The molecule has 0 saturated heterocycles. The molecule has 30 heavy (non-hydrogen) atoms. The Morgan fingerprint density at radius 2 is 1.33 bits per heavy atom. The number of aromatic nitrogens is 2. The van der Waals surface area contributed by atoms with Gasteiger partial charge in [-0.3, -0.25) is 0 Å². The third kappa shape index (κ3) is 4.41. The highest BCUT2D eigenvalue weighted by Crippen LogP contribution is 2.31. The highest BCUT2D eigenvalue weighted by molar-refractivity contribution is 5.78. The monoisotopic (exact) mass is 395 g/mol. The van der Waals surface area contributed by atoms with E-state index >= 15 is 0 Å². The van der Waals surface area contributed by atoms with E-state index in [9.17, 15) is 0 Å². The van der Waals surface area contributed by atoms with Gasteiger partial charge in [0, 0.05) is 5.69 Å². The zero-order chi connectivity index (χ0) is 20.8. The average molecular weight is 396 g/mol. The highest BCUT2D eigenvalue weighted by Gasteiger charge is 2.17. The molecule has 3 aromatic carbocycles. The van der Waals surface area contributed by atoms with Crippen LogP contribution in [0.15, 0.2) is 91.3 Å². The summed E-state index contributed by atoms with van der Waals surface area (Å²) < 4.78 is 0. The van der Waals surface area contributed by atoms with Crippen molar-refractivity contribution in [2.45, 2.75) is 19.4 Å². The van der Waals surface area contributed by atoms with Crippen LogP contribution >= 0.6 is 0 Å². The van der Waals surface area contributed by atoms with Crippen LogP contribution in [-0.2, 0) is 6.42 Å². The number of nitrogen functional groups attached to an aromatic ring is 1. The van der Waals surface area contributed by atoms with Crippen molar-refractivity contribution in [3.8, 4) is 0 Å². The van der Waals surface area contributed by atoms with Crippen molar-refractivity contribution in [3.05, 3.63) is 108 Å². The zero-order valence-corrected chi connectivity index (χ0v) is 16.9. The van der Waals surface area contributed by atoms with Gasteiger partial charge in [0.2, 0.25) is 0 Å². The standard InChI is InChI=1S/C25H25N5/c1-2-18-13-15-21(16-14-18)29-24-22(26)25(28-17-27-24)30-23(19-9-5-3-6-10-19)20-11-7-4-8-12-20/h3-17,23H,2,26H2,1H3,(H2,27,28,29,30). The summed E-state index contributed by atoms with van der Waals surface area (Å²) in [6, 6.07) is 28.7. The molecule has 0 aliphatic heterocycles. The van der Waals surface area contributed by atoms with Crippen molar-refractivity contribution in [3.63, 3.8) is 0 Å². The fraction of sp³-hybridized carbons (Fsp3) is 0.120. The van der Waals surface area contributed by atoms with Crippen LogP contribution in [0.25, 0.3) is 0 Å². The van der Waals surface area contributed by atoms with Gasteiger partial charge in [-0.1, -0.05) is 79.7 Å². The van der Waals surface area contributed by atoms with E-state index < -0.39 is 0 Å². The minimum Gasteiger partial charge on any atom is -0.393 e. The number of nitrogens with one attached hydrogen (secondary N) is 2. The molecule has 4 rings (SSSR count). The van der Waals surface area contributed by atoms with Crippen molar-refractivity contribution in [2.24, 2.45) is 0 Å². The molecule has 4 aromatic rings. The number of hydrogen-bond donors (Lipinski definition) is 3. The van der Waals surface area contributed by atoms with Crippen LogP contribution in [0.5, 0.6) is 0 Å². The Bertz CT molecular complexity index is 1040. The van der Waals surface area contributed by atoms with Crippen LogP contribution in [0.1, 0.15) is 29.7 Å². The van der Waals surface area contributed by atoms with E-state index in [0.29, 0.717) is 17.3 Å². The van der Waals surface area contributed by atoms with E-state index in [2.05, 4.69) is 63.9 Å². The third-order valence-electron chi connectivity index (χ3n) is 5.06. The summed E-state index contributed by atoms with van der Waals surface area (Å²) in [6.07, 6.45) is 2.53. The van der Waals surface area contributed by atoms with E-state index in [1.54, 1.807) is 0 Å². The van der Waals surface area contributed by atoms with E-state index in [1.165, 1.54) is 11.9 Å². The number of anilines is 4. The number of hydrogen-bond acceptors (Lipinski definition) is 5. The van der Waals surface area contributed by atoms with Gasteiger partial charge in [-0.15, -0.1) is 0 Å². The molecule has 0 fully saturated rings. The van der Waals surface area contributed by atoms with Gasteiger partial charge in [-0.2, -0.15) is 0 Å². The van der Waals surface area contributed by atoms with E-state index in [-0.39, 0.29) is 6.04 Å². The Labute approximate surface area is 177 Å². The maximum absolute atomic E-state index is 6.44. The average Bonchev–Trinajstić information content (AvgIpc) is 2.81. The van der Waals surface area contributed by atoms with Crippen LogP contribution in [-0.4, -0.2) is 9.97 Å². The fourth-order valence-electron chi connectivity index (χ4n) is 3.36. The van der Waals surface area contributed by atoms with Gasteiger partial charge >= 0.3 is 0 Å². The molecule has 1 aromatic heterocycles. The summed E-state index contributed by atoms with van der Waals surface area (Å²) in [6.45, 7) is 2.14. The number of nitrogens with two attached hydrogens (primary N) is 1. The lowest BCUT2D eigenvalue weighted by molar-refractivity contribution is 0.924. The van der Waals surface area contributed by atoms with Gasteiger partial charge in [-0.25, -0.2) is 9.97 Å². The Morgan fingerprint density at radius 1 is 0.767 bits per heavy atom. The Hall–Kier alpha value is -3.86. The molecule has 5 heteroatoms. The lowest BCUT2D eigenvalue weighted by Crippen LogP contribution is -2.15. The van der Waals surface area contributed by atoms with Crippen molar-refractivity contribution in [1.82, 2.24) is 9.97 Å². The smallest absolute Gasteiger partial charge is 0.159 e. The molecule has 0 spiro atoms. The van der Waals surface area contributed by atoms with E-state index in [4.69, 9.17) is 5.73 Å². The Morgan fingerprint density at radius 3 is 1.90 bits per heavy atom. The maximum atomic E-state index is 6.44. The molecule has 0 aliphatic rings. The predicted molar refractivity (Wildman–Crippen MR) is 124 cm³/mol. The van der Waals surface area contributed by atoms with Gasteiger partial charge < -0.3 is 16.4 Å². The molecule has 4 N–H and O–H groups in total. The molecule has 150 valence electrons. The summed E-state index contributed by atoms with van der Waals surface area (Å²) >= 11 is 0. The topological polar surface area (TPSA) is 75.9 Å². The SMILES string of the molecule is CCc1ccc(Nc2ncnc(NC(c3ccccc3)c3ccccc3)c2N)cc1. The van der Waals surface area contributed by atoms with E-state index in [0.717, 1.165) is 23.2 Å². The molecule has 0 amide bonds. The van der Waals surface area contributed by atoms with Gasteiger partial charge in [0.1, 0.15) is 12.0 Å². The van der Waals surface area contributed by atoms with Crippen LogP contribution in [0.3, 0.4) is 0 Å². The largest absolute Gasteiger partial charge is 0.393 e. The second-order valence-electron chi connectivity index (χ2n) is 7.06. The highest BCUT2D eigenvalue weighted by atomic mass is 15.1. The van der Waals surface area contributed by atoms with Crippen molar-refractivity contribution >= 4 is 23.0 Å². The predicted octanol–water partition coefficient (Wildman–Crippen LogP) is 5.57. The molecule has 0 radical (unpaired) electrons. The molecular formula is C25H25N5. The molecular weight excluding hydrogens is 370 g/mol. The van der Waals surface area contributed by atoms with Crippen LogP contribution < -0.4 is 16.4 Å². The van der Waals surface area contributed by atoms with Gasteiger partial charge in [0.05, 0.1) is 6.04 Å². The van der Waals surface area contributed by atoms with Crippen LogP contribution in [0.4, 0.5) is 23.0 Å². The van der Waals surface area contributed by atoms with E-state index in [1.807, 2.05) is 48.5 Å². The maximum Gasteiger partial charge on any atom is 0.159 e. The summed E-state index contributed by atoms with van der Waals surface area (Å²) in [5.74, 6) is 1.17. The molecule has 0 bridgehead atoms. The minimum absolute atomic E-state index is 0.0821. The number of rotatable bonds is 7. The lowest BCUT2D eigenvalue weighted by atomic mass is 9.99.